The van der Waals surface area contributed by atoms with Gasteiger partial charge in [-0.2, -0.15) is 36.4 Å². The Morgan fingerprint density at radius 3 is 1.17 bits per heavy atom. The van der Waals surface area contributed by atoms with E-state index >= 15 is 0 Å². The maximum atomic E-state index is 5.55. The van der Waals surface area contributed by atoms with Crippen molar-refractivity contribution in [1.29, 1.82) is 0 Å². The number of hydrogen-bond donors (Lipinski definition) is 0. The van der Waals surface area contributed by atoms with Crippen molar-refractivity contribution in [3.8, 4) is 0 Å². The van der Waals surface area contributed by atoms with Crippen LogP contribution in [0.2, 0.25) is 39.3 Å². The quantitative estimate of drug-likeness (QED) is 0.308. The van der Waals surface area contributed by atoms with Gasteiger partial charge in [-0.15, -0.1) is 0 Å². The van der Waals surface area contributed by atoms with Crippen LogP contribution < -0.4 is 10.4 Å². The van der Waals surface area contributed by atoms with Crippen LogP contribution in [0, 0.1) is 0 Å². The van der Waals surface area contributed by atoms with Crippen molar-refractivity contribution >= 4 is 46.9 Å². The Morgan fingerprint density at radius 1 is 0.792 bits per heavy atom. The molecular formula is C19H32Cl2HfSi2-2. The minimum Gasteiger partial charge on any atom is -0.212 e. The first kappa shape index (κ1) is 24.5. The second-order valence-electron chi connectivity index (χ2n) is 8.11. The maximum absolute atomic E-state index is 5.55. The molecule has 0 unspecified atom stereocenters. The van der Waals surface area contributed by atoms with Gasteiger partial charge >= 0.3 is 52.8 Å². The Hall–Kier alpha value is 0.454. The number of halogens is 2. The van der Waals surface area contributed by atoms with Crippen molar-refractivity contribution in [3.05, 3.63) is 48.5 Å². The van der Waals surface area contributed by atoms with E-state index in [0.717, 1.165) is 0 Å². The maximum Gasteiger partial charge on any atom is 0.00392 e. The zero-order chi connectivity index (χ0) is 19.0. The molecule has 0 bridgehead atoms. The van der Waals surface area contributed by atoms with Crippen LogP contribution in [0.15, 0.2) is 48.5 Å². The molecule has 0 radical (unpaired) electrons. The Balaban J connectivity index is 0.000000340. The average molecular weight is 566 g/mol. The molecule has 0 amide bonds. The van der Waals surface area contributed by atoms with Crippen LogP contribution in [0.25, 0.3) is 0 Å². The fourth-order valence-corrected chi connectivity index (χ4v) is 4.13. The second-order valence-corrected chi connectivity index (χ2v) is 31.5. The molecule has 0 aromatic heterocycles. The van der Waals surface area contributed by atoms with Crippen LogP contribution >= 0.6 is 17.2 Å². The SMILES string of the molecule is C[C](C)=[Hf]([Cl])[Cl].C[Si](C)(C)c1cc[cH-]c1.C[Si](C)(C)c1cc[cH-]c1. The monoisotopic (exact) mass is 566 g/mol. The van der Waals surface area contributed by atoms with E-state index in [0.29, 0.717) is 0 Å². The third-order valence-corrected chi connectivity index (χ3v) is 16.5. The van der Waals surface area contributed by atoms with Gasteiger partial charge in [-0.05, 0) is 0 Å². The fourth-order valence-electron chi connectivity index (χ4n) is 1.75. The van der Waals surface area contributed by atoms with Crippen LogP contribution in [-0.2, 0) is 18.6 Å². The Bertz CT molecular complexity index is 524. The van der Waals surface area contributed by atoms with Crippen LogP contribution in [0.3, 0.4) is 0 Å². The van der Waals surface area contributed by atoms with Crippen LogP contribution in [-0.4, -0.2) is 19.4 Å². The van der Waals surface area contributed by atoms with Gasteiger partial charge in [-0.1, -0.05) is 39.3 Å². The first-order valence-electron chi connectivity index (χ1n) is 8.28. The molecule has 0 aliphatic carbocycles. The van der Waals surface area contributed by atoms with E-state index in [1.54, 1.807) is 10.4 Å². The first-order chi connectivity index (χ1) is 10.9. The Morgan fingerprint density at radius 2 is 1.08 bits per heavy atom. The minimum atomic E-state index is -1.97. The van der Waals surface area contributed by atoms with Crippen LogP contribution in [0.5, 0.6) is 0 Å². The van der Waals surface area contributed by atoms with Crippen molar-refractivity contribution in [3.63, 3.8) is 0 Å². The molecule has 136 valence electrons. The van der Waals surface area contributed by atoms with Gasteiger partial charge in [-0.3, -0.25) is 0 Å². The smallest absolute Gasteiger partial charge is 0.00392 e. The molecular weight excluding hydrogens is 534 g/mol. The predicted octanol–water partition coefficient (Wildman–Crippen LogP) is 6.03. The van der Waals surface area contributed by atoms with E-state index in [1.165, 1.54) is 3.26 Å². The van der Waals surface area contributed by atoms with E-state index in [1.807, 2.05) is 13.8 Å². The summed E-state index contributed by atoms with van der Waals surface area (Å²) in [5.41, 5.74) is 0. The number of rotatable bonds is 2. The van der Waals surface area contributed by atoms with Crippen molar-refractivity contribution in [2.45, 2.75) is 53.1 Å². The molecule has 0 N–H and O–H groups in total. The molecule has 0 saturated heterocycles. The summed E-state index contributed by atoms with van der Waals surface area (Å²) in [4.78, 5) is 0. The van der Waals surface area contributed by atoms with Gasteiger partial charge in [0.05, 0.1) is 0 Å². The third kappa shape index (κ3) is 11.1. The van der Waals surface area contributed by atoms with Gasteiger partial charge in [-0.25, -0.2) is 22.5 Å². The normalized spacial score (nSPS) is 10.9. The summed E-state index contributed by atoms with van der Waals surface area (Å²) in [6, 6.07) is 17.4. The van der Waals surface area contributed by atoms with E-state index in [-0.39, 0.29) is 0 Å². The van der Waals surface area contributed by atoms with Crippen molar-refractivity contribution in [1.82, 2.24) is 0 Å². The van der Waals surface area contributed by atoms with Crippen molar-refractivity contribution in [2.75, 3.05) is 0 Å². The number of hydrogen-bond acceptors (Lipinski definition) is 0. The molecule has 0 heterocycles. The average Bonchev–Trinajstić information content (AvgIpc) is 3.12. The van der Waals surface area contributed by atoms with Crippen LogP contribution in [0.1, 0.15) is 13.8 Å². The molecule has 2 aromatic rings. The summed E-state index contributed by atoms with van der Waals surface area (Å²) < 4.78 is 1.25. The van der Waals surface area contributed by atoms with E-state index in [2.05, 4.69) is 87.8 Å². The largest absolute Gasteiger partial charge is 0.212 e. The molecule has 24 heavy (non-hydrogen) atoms. The summed E-state index contributed by atoms with van der Waals surface area (Å²) in [5, 5.41) is 3.12. The molecule has 0 saturated carbocycles. The van der Waals surface area contributed by atoms with E-state index in [9.17, 15) is 0 Å². The summed E-state index contributed by atoms with van der Waals surface area (Å²) >= 11 is -1.97. The van der Waals surface area contributed by atoms with Gasteiger partial charge in [0, 0.05) is 16.1 Å². The zero-order valence-electron chi connectivity index (χ0n) is 16.4. The Kier molecular flexibility index (Phi) is 11.4. The summed E-state index contributed by atoms with van der Waals surface area (Å²) in [6.07, 6.45) is 0. The topological polar surface area (TPSA) is 0 Å². The molecule has 0 spiro atoms. The van der Waals surface area contributed by atoms with Gasteiger partial charge in [0.25, 0.3) is 0 Å². The molecule has 0 aliphatic rings. The fraction of sp³-hybridized carbons (Fsp3) is 0.421. The zero-order valence-corrected chi connectivity index (χ0v) is 23.5. The summed E-state index contributed by atoms with van der Waals surface area (Å²) in [7, 11) is 9.15. The first-order valence-corrected chi connectivity index (χ1v) is 26.0. The summed E-state index contributed by atoms with van der Waals surface area (Å²) in [5.74, 6) is 0. The van der Waals surface area contributed by atoms with Crippen molar-refractivity contribution < 1.29 is 18.6 Å². The molecule has 5 heteroatoms. The van der Waals surface area contributed by atoms with Gasteiger partial charge in [0.1, 0.15) is 0 Å². The summed E-state index contributed by atoms with van der Waals surface area (Å²) in [6.45, 7) is 18.2. The molecule has 2 aromatic carbocycles. The van der Waals surface area contributed by atoms with Crippen LogP contribution in [0.4, 0.5) is 0 Å². The molecule has 0 atom stereocenters. The molecule has 0 fully saturated rings. The van der Waals surface area contributed by atoms with Gasteiger partial charge in [0.2, 0.25) is 0 Å². The van der Waals surface area contributed by atoms with E-state index < -0.39 is 34.7 Å². The standard InChI is InChI=1S/2C8H13Si.C3H6.2ClH.Hf/c2*1-9(2,3)8-6-4-5-7-8;1-3-2;;;/h2*4-7H,1-3H3;1-2H3;2*1H;/q2*-1;;;;+2/p-2. The van der Waals surface area contributed by atoms with E-state index in [4.69, 9.17) is 17.2 Å². The Labute approximate surface area is 166 Å². The van der Waals surface area contributed by atoms with Gasteiger partial charge < -0.3 is 0 Å². The minimum absolute atomic E-state index is 0.981. The van der Waals surface area contributed by atoms with Gasteiger partial charge in [0.15, 0.2) is 0 Å². The second kappa shape index (κ2) is 11.2. The molecule has 0 aliphatic heterocycles. The third-order valence-electron chi connectivity index (χ3n) is 3.44. The molecule has 0 nitrogen and oxygen atoms in total. The molecule has 2 rings (SSSR count). The van der Waals surface area contributed by atoms with Crippen molar-refractivity contribution in [2.24, 2.45) is 0 Å². The predicted molar refractivity (Wildman–Crippen MR) is 118 cm³/mol.